The topological polar surface area (TPSA) is 92.9 Å². The predicted molar refractivity (Wildman–Crippen MR) is 95.5 cm³/mol. The number of carbonyl (C=O) groups excluding carboxylic acids is 1. The van der Waals surface area contributed by atoms with E-state index >= 15 is 0 Å². The second-order valence-corrected chi connectivity index (χ2v) is 7.66. The quantitative estimate of drug-likeness (QED) is 0.872. The van der Waals surface area contributed by atoms with Crippen LogP contribution in [0.5, 0.6) is 0 Å². The summed E-state index contributed by atoms with van der Waals surface area (Å²) in [5.74, 6) is -0.387. The minimum absolute atomic E-state index is 0.145. The van der Waals surface area contributed by atoms with Crippen molar-refractivity contribution in [3.63, 3.8) is 0 Å². The summed E-state index contributed by atoms with van der Waals surface area (Å²) in [4.78, 5) is 29.6. The number of carboxylic acids is 1. The first-order valence-electron chi connectivity index (χ1n) is 8.77. The Morgan fingerprint density at radius 2 is 1.92 bits per heavy atom. The number of hydrogen-bond acceptors (Lipinski definition) is 5. The molecule has 1 aliphatic rings. The van der Waals surface area contributed by atoms with Gasteiger partial charge < -0.3 is 19.2 Å². The van der Waals surface area contributed by atoms with Crippen LogP contribution in [0.3, 0.4) is 0 Å². The van der Waals surface area contributed by atoms with E-state index in [0.717, 1.165) is 18.4 Å². The van der Waals surface area contributed by atoms with Crippen molar-refractivity contribution in [2.24, 2.45) is 0 Å². The standard InChI is InChI=1S/C19H24N2O5/c1-11-20-15-14(17(22)23)6-5-13(16(15)25-11)12-7-9-21(10-8-12)18(24)26-19(2,3)4/h5-6,12H,7-10H2,1-4H3,(H,22,23). The highest BCUT2D eigenvalue weighted by Gasteiger charge is 2.29. The lowest BCUT2D eigenvalue weighted by atomic mass is 9.88. The van der Waals surface area contributed by atoms with Gasteiger partial charge in [0.05, 0.1) is 5.56 Å². The number of nitrogens with zero attached hydrogens (tertiary/aromatic N) is 2. The highest BCUT2D eigenvalue weighted by atomic mass is 16.6. The summed E-state index contributed by atoms with van der Waals surface area (Å²) in [5, 5.41) is 9.34. The Labute approximate surface area is 151 Å². The number of oxazole rings is 1. The molecule has 7 heteroatoms. The number of hydrogen-bond donors (Lipinski definition) is 1. The Kier molecular flexibility index (Phi) is 4.64. The fourth-order valence-electron chi connectivity index (χ4n) is 3.33. The van der Waals surface area contributed by atoms with E-state index in [1.807, 2.05) is 26.8 Å². The van der Waals surface area contributed by atoms with Crippen molar-refractivity contribution in [1.29, 1.82) is 0 Å². The lowest BCUT2D eigenvalue weighted by Crippen LogP contribution is -2.41. The molecule has 1 aromatic heterocycles. The van der Waals surface area contributed by atoms with Crippen LogP contribution in [0, 0.1) is 6.92 Å². The average molecular weight is 360 g/mol. The maximum Gasteiger partial charge on any atom is 0.410 e. The van der Waals surface area contributed by atoms with E-state index in [9.17, 15) is 14.7 Å². The van der Waals surface area contributed by atoms with Crippen molar-refractivity contribution in [3.05, 3.63) is 29.2 Å². The SMILES string of the molecule is Cc1nc2c(C(=O)O)ccc(C3CCN(C(=O)OC(C)(C)C)CC3)c2o1. The van der Waals surface area contributed by atoms with Crippen molar-refractivity contribution in [2.75, 3.05) is 13.1 Å². The molecule has 0 atom stereocenters. The van der Waals surface area contributed by atoms with Gasteiger partial charge in [-0.2, -0.15) is 0 Å². The van der Waals surface area contributed by atoms with Crippen LogP contribution < -0.4 is 0 Å². The molecule has 1 saturated heterocycles. The number of fused-ring (bicyclic) bond motifs is 1. The zero-order valence-corrected chi connectivity index (χ0v) is 15.5. The molecule has 26 heavy (non-hydrogen) atoms. The number of carbonyl (C=O) groups is 2. The third kappa shape index (κ3) is 3.66. The lowest BCUT2D eigenvalue weighted by molar-refractivity contribution is 0.0204. The molecule has 0 unspecified atom stereocenters. The van der Waals surface area contributed by atoms with Crippen LogP contribution in [0.15, 0.2) is 16.5 Å². The van der Waals surface area contributed by atoms with Crippen LogP contribution in [0.2, 0.25) is 0 Å². The van der Waals surface area contributed by atoms with Crippen LogP contribution in [0.1, 0.15) is 61.3 Å². The minimum atomic E-state index is -1.02. The van der Waals surface area contributed by atoms with E-state index in [-0.39, 0.29) is 17.6 Å². The number of aromatic nitrogens is 1. The number of aryl methyl sites for hydroxylation is 1. The number of piperidine rings is 1. The second-order valence-electron chi connectivity index (χ2n) is 7.66. The molecule has 0 spiro atoms. The van der Waals surface area contributed by atoms with Crippen molar-refractivity contribution < 1.29 is 23.8 Å². The van der Waals surface area contributed by atoms with E-state index in [0.29, 0.717) is 30.1 Å². The molecule has 7 nitrogen and oxygen atoms in total. The molecule has 1 fully saturated rings. The number of likely N-dealkylation sites (tertiary alicyclic amines) is 1. The third-order valence-electron chi connectivity index (χ3n) is 4.50. The second kappa shape index (κ2) is 6.63. The van der Waals surface area contributed by atoms with Gasteiger partial charge in [-0.15, -0.1) is 0 Å². The predicted octanol–water partition coefficient (Wildman–Crippen LogP) is 3.95. The van der Waals surface area contributed by atoms with Gasteiger partial charge in [-0.3, -0.25) is 0 Å². The number of amides is 1. The molecule has 1 amide bonds. The Morgan fingerprint density at radius 3 is 2.50 bits per heavy atom. The number of aromatic carboxylic acids is 1. The number of carboxylic acid groups (broad SMARTS) is 1. The van der Waals surface area contributed by atoms with E-state index in [2.05, 4.69) is 4.98 Å². The molecule has 140 valence electrons. The van der Waals surface area contributed by atoms with Crippen molar-refractivity contribution in [1.82, 2.24) is 9.88 Å². The maximum absolute atomic E-state index is 12.2. The van der Waals surface area contributed by atoms with Crippen molar-refractivity contribution in [2.45, 2.75) is 52.1 Å². The fourth-order valence-corrected chi connectivity index (χ4v) is 3.33. The molecule has 0 bridgehead atoms. The average Bonchev–Trinajstić information content (AvgIpc) is 2.93. The van der Waals surface area contributed by atoms with Crippen LogP contribution in [-0.2, 0) is 4.74 Å². The van der Waals surface area contributed by atoms with Crippen LogP contribution in [-0.4, -0.2) is 45.7 Å². The van der Waals surface area contributed by atoms with Gasteiger partial charge >= 0.3 is 12.1 Å². The molecule has 2 heterocycles. The summed E-state index contributed by atoms with van der Waals surface area (Å²) < 4.78 is 11.1. The van der Waals surface area contributed by atoms with Gasteiger partial charge in [-0.25, -0.2) is 14.6 Å². The summed E-state index contributed by atoms with van der Waals surface area (Å²) in [5.41, 5.74) is 1.52. The fraction of sp³-hybridized carbons (Fsp3) is 0.526. The maximum atomic E-state index is 12.2. The van der Waals surface area contributed by atoms with Gasteiger partial charge in [0.1, 0.15) is 11.1 Å². The van der Waals surface area contributed by atoms with Crippen LogP contribution in [0.4, 0.5) is 4.79 Å². The zero-order chi connectivity index (χ0) is 19.1. The molecule has 1 N–H and O–H groups in total. The van der Waals surface area contributed by atoms with Gasteiger partial charge in [-0.05, 0) is 45.6 Å². The molecule has 1 aromatic carbocycles. The monoisotopic (exact) mass is 360 g/mol. The van der Waals surface area contributed by atoms with Gasteiger partial charge in [0.15, 0.2) is 11.5 Å². The smallest absolute Gasteiger partial charge is 0.410 e. The third-order valence-corrected chi connectivity index (χ3v) is 4.50. The molecule has 1 aliphatic heterocycles. The molecule has 3 rings (SSSR count). The minimum Gasteiger partial charge on any atom is -0.478 e. The Bertz CT molecular complexity index is 841. The first kappa shape index (κ1) is 18.2. The highest BCUT2D eigenvalue weighted by Crippen LogP contribution is 2.35. The first-order chi connectivity index (χ1) is 12.2. The van der Waals surface area contributed by atoms with E-state index < -0.39 is 11.6 Å². The van der Waals surface area contributed by atoms with E-state index in [4.69, 9.17) is 9.15 Å². The summed E-state index contributed by atoms with van der Waals surface area (Å²) in [6.45, 7) is 8.45. The first-order valence-corrected chi connectivity index (χ1v) is 8.77. The van der Waals surface area contributed by atoms with Crippen LogP contribution >= 0.6 is 0 Å². The number of rotatable bonds is 2. The number of ether oxygens (including phenoxy) is 1. The van der Waals surface area contributed by atoms with Crippen molar-refractivity contribution in [3.8, 4) is 0 Å². The van der Waals surface area contributed by atoms with Gasteiger partial charge in [-0.1, -0.05) is 6.07 Å². The van der Waals surface area contributed by atoms with E-state index in [1.165, 1.54) is 0 Å². The summed E-state index contributed by atoms with van der Waals surface area (Å²) in [6.07, 6.45) is 1.24. The van der Waals surface area contributed by atoms with Gasteiger partial charge in [0.2, 0.25) is 0 Å². The molecular formula is C19H24N2O5. The zero-order valence-electron chi connectivity index (χ0n) is 15.5. The molecule has 0 radical (unpaired) electrons. The summed E-state index contributed by atoms with van der Waals surface area (Å²) in [7, 11) is 0. The van der Waals surface area contributed by atoms with E-state index in [1.54, 1.807) is 17.9 Å². The summed E-state index contributed by atoms with van der Waals surface area (Å²) >= 11 is 0. The Hall–Kier alpha value is -2.57. The molecule has 0 aliphatic carbocycles. The van der Waals surface area contributed by atoms with Crippen molar-refractivity contribution >= 4 is 23.2 Å². The normalized spacial score (nSPS) is 16.1. The van der Waals surface area contributed by atoms with Gasteiger partial charge in [0.25, 0.3) is 0 Å². The molecular weight excluding hydrogens is 336 g/mol. The highest BCUT2D eigenvalue weighted by molar-refractivity contribution is 6.01. The van der Waals surface area contributed by atoms with Crippen LogP contribution in [0.25, 0.3) is 11.1 Å². The molecule has 2 aromatic rings. The Morgan fingerprint density at radius 1 is 1.27 bits per heavy atom. The molecule has 0 saturated carbocycles. The summed E-state index contributed by atoms with van der Waals surface area (Å²) in [6, 6.07) is 3.40. The number of benzene rings is 1. The van der Waals surface area contributed by atoms with Gasteiger partial charge in [0, 0.05) is 25.6 Å². The largest absolute Gasteiger partial charge is 0.478 e. The Balaban J connectivity index is 1.79. The lowest BCUT2D eigenvalue weighted by Gasteiger charge is -2.33.